The Hall–Kier alpha value is -3.51. The van der Waals surface area contributed by atoms with E-state index in [0.29, 0.717) is 28.7 Å². The van der Waals surface area contributed by atoms with E-state index in [9.17, 15) is 9.59 Å². The lowest BCUT2D eigenvalue weighted by Gasteiger charge is -2.12. The number of rotatable bonds is 6. The molecule has 3 aromatic rings. The number of thioether (sulfide) groups is 1. The lowest BCUT2D eigenvalue weighted by molar-refractivity contribution is -0.113. The molecule has 1 saturated heterocycles. The maximum Gasteiger partial charge on any atom is 0.298 e. The number of ether oxygens (including phenoxy) is 2. The van der Waals surface area contributed by atoms with Crippen LogP contribution in [0.5, 0.6) is 11.5 Å². The molecular formula is C25H21NO4S. The van der Waals surface area contributed by atoms with E-state index in [4.69, 9.17) is 9.47 Å². The van der Waals surface area contributed by atoms with E-state index in [2.05, 4.69) is 6.07 Å². The summed E-state index contributed by atoms with van der Waals surface area (Å²) in [5, 5.41) is -0.312. The molecule has 1 aliphatic heterocycles. The Balaban J connectivity index is 1.53. The summed E-state index contributed by atoms with van der Waals surface area (Å²) in [6.45, 7) is 2.46. The predicted octanol–water partition coefficient (Wildman–Crippen LogP) is 5.82. The van der Waals surface area contributed by atoms with Crippen LogP contribution in [0.1, 0.15) is 16.7 Å². The second-order valence-corrected chi connectivity index (χ2v) is 8.03. The van der Waals surface area contributed by atoms with Crippen molar-refractivity contribution < 1.29 is 19.1 Å². The van der Waals surface area contributed by atoms with Crippen LogP contribution < -0.4 is 14.4 Å². The van der Waals surface area contributed by atoms with E-state index in [-0.39, 0.29) is 11.1 Å². The zero-order valence-corrected chi connectivity index (χ0v) is 18.0. The van der Waals surface area contributed by atoms with Crippen LogP contribution >= 0.6 is 11.8 Å². The summed E-state index contributed by atoms with van der Waals surface area (Å²) < 4.78 is 11.4. The highest BCUT2D eigenvalue weighted by Crippen LogP contribution is 2.37. The van der Waals surface area contributed by atoms with Crippen molar-refractivity contribution in [3.63, 3.8) is 0 Å². The second-order valence-electron chi connectivity index (χ2n) is 7.04. The highest BCUT2D eigenvalue weighted by atomic mass is 32.2. The van der Waals surface area contributed by atoms with Gasteiger partial charge in [-0.15, -0.1) is 0 Å². The molecule has 0 saturated carbocycles. The zero-order chi connectivity index (χ0) is 21.8. The predicted molar refractivity (Wildman–Crippen MR) is 123 cm³/mol. The van der Waals surface area contributed by atoms with Crippen molar-refractivity contribution in [2.45, 2.75) is 13.5 Å². The number of carbonyl (C=O) groups excluding carboxylic acids is 2. The minimum absolute atomic E-state index is 0.312. The number of methoxy groups -OCH3 is 1. The largest absolute Gasteiger partial charge is 0.493 e. The number of aryl methyl sites for hydroxylation is 1. The molecule has 5 nitrogen and oxygen atoms in total. The van der Waals surface area contributed by atoms with Gasteiger partial charge in [-0.2, -0.15) is 0 Å². The van der Waals surface area contributed by atoms with Crippen LogP contribution in [-0.2, 0) is 11.4 Å². The van der Waals surface area contributed by atoms with Gasteiger partial charge in [-0.25, -0.2) is 4.90 Å². The molecule has 0 bridgehead atoms. The number of hydrogen-bond donors (Lipinski definition) is 0. The third kappa shape index (κ3) is 4.64. The molecule has 0 aromatic heterocycles. The van der Waals surface area contributed by atoms with Crippen LogP contribution in [0.4, 0.5) is 10.5 Å². The number of nitrogens with zero attached hydrogens (tertiary/aromatic N) is 1. The molecule has 31 heavy (non-hydrogen) atoms. The van der Waals surface area contributed by atoms with Crippen LogP contribution in [0.15, 0.2) is 77.7 Å². The van der Waals surface area contributed by atoms with Gasteiger partial charge >= 0.3 is 0 Å². The van der Waals surface area contributed by atoms with E-state index in [1.54, 1.807) is 43.5 Å². The molecule has 0 spiro atoms. The fourth-order valence-corrected chi connectivity index (χ4v) is 4.12. The molecule has 0 aliphatic carbocycles. The molecule has 0 unspecified atom stereocenters. The number of anilines is 1. The normalized spacial score (nSPS) is 14.9. The summed E-state index contributed by atoms with van der Waals surface area (Å²) in [7, 11) is 1.57. The van der Waals surface area contributed by atoms with Gasteiger partial charge in [0.25, 0.3) is 11.1 Å². The van der Waals surface area contributed by atoms with E-state index in [1.165, 1.54) is 10.5 Å². The van der Waals surface area contributed by atoms with E-state index in [0.717, 1.165) is 22.9 Å². The van der Waals surface area contributed by atoms with Crippen molar-refractivity contribution in [1.29, 1.82) is 0 Å². The van der Waals surface area contributed by atoms with Crippen LogP contribution in [0.3, 0.4) is 0 Å². The van der Waals surface area contributed by atoms with Crippen LogP contribution in [0, 0.1) is 6.92 Å². The molecule has 156 valence electrons. The molecule has 0 N–H and O–H groups in total. The third-order valence-electron chi connectivity index (χ3n) is 4.77. The van der Waals surface area contributed by atoms with Gasteiger partial charge in [0, 0.05) is 0 Å². The fourth-order valence-electron chi connectivity index (χ4n) is 3.27. The molecule has 0 atom stereocenters. The van der Waals surface area contributed by atoms with E-state index < -0.39 is 0 Å². The van der Waals surface area contributed by atoms with Crippen molar-refractivity contribution in [2.75, 3.05) is 12.0 Å². The molecule has 0 radical (unpaired) electrons. The first kappa shape index (κ1) is 20.8. The Morgan fingerprint density at radius 2 is 1.74 bits per heavy atom. The number of carbonyl (C=O) groups is 2. The molecule has 2 amide bonds. The lowest BCUT2D eigenvalue weighted by Crippen LogP contribution is -2.27. The molecular weight excluding hydrogens is 410 g/mol. The molecule has 3 aromatic carbocycles. The summed E-state index contributed by atoms with van der Waals surface area (Å²) >= 11 is 0.924. The minimum atomic E-state index is -0.333. The number of para-hydroxylation sites is 1. The highest BCUT2D eigenvalue weighted by molar-refractivity contribution is 8.19. The molecule has 1 fully saturated rings. The Morgan fingerprint density at radius 3 is 2.48 bits per heavy atom. The Kier molecular flexibility index (Phi) is 6.09. The summed E-state index contributed by atoms with van der Waals surface area (Å²) in [6, 6.07) is 22.5. The second kappa shape index (κ2) is 9.10. The van der Waals surface area contributed by atoms with E-state index >= 15 is 0 Å². The first-order valence-corrected chi connectivity index (χ1v) is 10.6. The minimum Gasteiger partial charge on any atom is -0.493 e. The fraction of sp³-hybridized carbons (Fsp3) is 0.120. The Morgan fingerprint density at radius 1 is 0.935 bits per heavy atom. The molecule has 1 aliphatic rings. The van der Waals surface area contributed by atoms with Gasteiger partial charge in [-0.05, 0) is 60.2 Å². The summed E-state index contributed by atoms with van der Waals surface area (Å²) in [5.41, 5.74) is 3.55. The number of imide groups is 1. The van der Waals surface area contributed by atoms with Crippen molar-refractivity contribution in [3.8, 4) is 11.5 Å². The smallest absolute Gasteiger partial charge is 0.298 e. The topological polar surface area (TPSA) is 55.8 Å². The van der Waals surface area contributed by atoms with Crippen LogP contribution in [0.25, 0.3) is 6.08 Å². The quantitative estimate of drug-likeness (QED) is 0.460. The molecule has 4 rings (SSSR count). The standard InChI is InChI=1S/C25H21NO4S/c1-17-7-6-8-19(13-17)16-30-21-12-11-18(14-22(21)29-2)15-23-24(27)26(25(28)31-23)20-9-4-3-5-10-20/h3-15H,16H2,1-2H3/b23-15-. The van der Waals surface area contributed by atoms with Crippen molar-refractivity contribution in [1.82, 2.24) is 0 Å². The first-order valence-electron chi connectivity index (χ1n) is 9.74. The molecule has 1 heterocycles. The average Bonchev–Trinajstić information content (AvgIpc) is 3.06. The van der Waals surface area contributed by atoms with Crippen LogP contribution in [0.2, 0.25) is 0 Å². The average molecular weight is 432 g/mol. The van der Waals surface area contributed by atoms with Gasteiger partial charge in [0.2, 0.25) is 0 Å². The van der Waals surface area contributed by atoms with Crippen molar-refractivity contribution in [2.24, 2.45) is 0 Å². The SMILES string of the molecule is COc1cc(/C=C2\SC(=O)N(c3ccccc3)C2=O)ccc1OCc1cccc(C)c1. The monoisotopic (exact) mass is 431 g/mol. The number of hydrogen-bond acceptors (Lipinski definition) is 5. The van der Waals surface area contributed by atoms with Gasteiger partial charge in [0.1, 0.15) is 6.61 Å². The van der Waals surface area contributed by atoms with Gasteiger partial charge in [-0.1, -0.05) is 54.1 Å². The third-order valence-corrected chi connectivity index (χ3v) is 5.64. The van der Waals surface area contributed by atoms with Crippen LogP contribution in [-0.4, -0.2) is 18.3 Å². The first-order chi connectivity index (χ1) is 15.0. The van der Waals surface area contributed by atoms with Gasteiger partial charge in [-0.3, -0.25) is 9.59 Å². The number of amides is 2. The van der Waals surface area contributed by atoms with E-state index in [1.807, 2.05) is 43.3 Å². The maximum atomic E-state index is 12.8. The maximum absolute atomic E-state index is 12.8. The summed E-state index contributed by atoms with van der Waals surface area (Å²) in [4.78, 5) is 26.7. The summed E-state index contributed by atoms with van der Waals surface area (Å²) in [5.74, 6) is 0.835. The molecule has 6 heteroatoms. The van der Waals surface area contributed by atoms with Gasteiger partial charge in [0.15, 0.2) is 11.5 Å². The zero-order valence-electron chi connectivity index (χ0n) is 17.2. The van der Waals surface area contributed by atoms with Crippen molar-refractivity contribution in [3.05, 3.63) is 94.4 Å². The Labute approximate surface area is 185 Å². The van der Waals surface area contributed by atoms with Crippen molar-refractivity contribution >= 4 is 34.7 Å². The Bertz CT molecular complexity index is 1160. The lowest BCUT2D eigenvalue weighted by atomic mass is 10.1. The van der Waals surface area contributed by atoms with Gasteiger partial charge in [0.05, 0.1) is 17.7 Å². The number of benzene rings is 3. The summed E-state index contributed by atoms with van der Waals surface area (Å²) in [6.07, 6.45) is 1.70. The van der Waals surface area contributed by atoms with Gasteiger partial charge < -0.3 is 9.47 Å². The highest BCUT2D eigenvalue weighted by Gasteiger charge is 2.36.